The van der Waals surface area contributed by atoms with E-state index in [1.54, 1.807) is 48.5 Å². The highest BCUT2D eigenvalue weighted by Crippen LogP contribution is 2.26. The van der Waals surface area contributed by atoms with Gasteiger partial charge in [-0.2, -0.15) is 5.10 Å². The minimum Gasteiger partial charge on any atom is -0.467 e. The van der Waals surface area contributed by atoms with Crippen LogP contribution in [0.15, 0.2) is 89.7 Å². The van der Waals surface area contributed by atoms with Crippen molar-refractivity contribution in [2.75, 3.05) is 7.05 Å². The first-order valence-electron chi connectivity index (χ1n) is 10.5. The van der Waals surface area contributed by atoms with E-state index in [0.29, 0.717) is 34.4 Å². The van der Waals surface area contributed by atoms with Crippen LogP contribution in [0.2, 0.25) is 0 Å². The summed E-state index contributed by atoms with van der Waals surface area (Å²) in [5, 5.41) is 5.10. The van der Waals surface area contributed by atoms with Crippen molar-refractivity contribution in [1.82, 2.24) is 19.7 Å². The lowest BCUT2D eigenvalue weighted by molar-refractivity contribution is 0.0786. The van der Waals surface area contributed by atoms with Crippen molar-refractivity contribution in [3.63, 3.8) is 0 Å². The predicted octanol–water partition coefficient (Wildman–Crippen LogP) is 5.15. The number of rotatable bonds is 6. The summed E-state index contributed by atoms with van der Waals surface area (Å²) in [4.78, 5) is 19.8. The van der Waals surface area contributed by atoms with Crippen molar-refractivity contribution < 1.29 is 13.6 Å². The Kier molecular flexibility index (Phi) is 5.44. The van der Waals surface area contributed by atoms with E-state index in [9.17, 15) is 9.18 Å². The van der Waals surface area contributed by atoms with Gasteiger partial charge in [-0.15, -0.1) is 0 Å². The molecule has 0 radical (unpaired) electrons. The van der Waals surface area contributed by atoms with E-state index >= 15 is 0 Å². The molecule has 2 aromatic carbocycles. The van der Waals surface area contributed by atoms with Crippen molar-refractivity contribution >= 4 is 16.9 Å². The summed E-state index contributed by atoms with van der Waals surface area (Å²) < 4.78 is 21.3. The molecule has 0 saturated heterocycles. The quantitative estimate of drug-likeness (QED) is 0.366. The van der Waals surface area contributed by atoms with Crippen LogP contribution in [0.1, 0.15) is 21.7 Å². The lowest BCUT2D eigenvalue weighted by Gasteiger charge is -2.19. The summed E-state index contributed by atoms with van der Waals surface area (Å²) in [5.74, 6) is 0.158. The van der Waals surface area contributed by atoms with Crippen LogP contribution < -0.4 is 0 Å². The van der Waals surface area contributed by atoms with Gasteiger partial charge in [0.15, 0.2) is 5.65 Å². The monoisotopic (exact) mass is 440 g/mol. The minimum atomic E-state index is -0.340. The molecule has 0 fully saturated rings. The number of fused-ring (bicyclic) bond motifs is 1. The van der Waals surface area contributed by atoms with Gasteiger partial charge in [-0.1, -0.05) is 48.5 Å². The number of carbonyl (C=O) groups is 1. The molecule has 3 heterocycles. The number of nitrogens with zero attached hydrogens (tertiary/aromatic N) is 4. The van der Waals surface area contributed by atoms with Gasteiger partial charge in [0.2, 0.25) is 0 Å². The molecule has 0 atom stereocenters. The smallest absolute Gasteiger partial charge is 0.254 e. The molecule has 5 aromatic rings. The number of pyridine rings is 1. The van der Waals surface area contributed by atoms with Crippen molar-refractivity contribution in [3.8, 4) is 11.3 Å². The van der Waals surface area contributed by atoms with Crippen molar-refractivity contribution in [3.05, 3.63) is 108 Å². The molecular formula is C26H21FN4O2. The fourth-order valence-electron chi connectivity index (χ4n) is 3.81. The molecule has 0 unspecified atom stereocenters. The van der Waals surface area contributed by atoms with Crippen molar-refractivity contribution in [2.45, 2.75) is 13.1 Å². The summed E-state index contributed by atoms with van der Waals surface area (Å²) in [6.45, 7) is 0.539. The molecule has 5 rings (SSSR count). The highest BCUT2D eigenvalue weighted by atomic mass is 19.1. The summed E-state index contributed by atoms with van der Waals surface area (Å²) in [6, 6.07) is 21.6. The van der Waals surface area contributed by atoms with Gasteiger partial charge < -0.3 is 9.32 Å². The lowest BCUT2D eigenvalue weighted by Crippen LogP contribution is -2.27. The van der Waals surface area contributed by atoms with Crippen LogP contribution >= 0.6 is 0 Å². The van der Waals surface area contributed by atoms with Crippen LogP contribution in [0.25, 0.3) is 22.3 Å². The molecule has 0 saturated carbocycles. The van der Waals surface area contributed by atoms with Crippen molar-refractivity contribution in [2.24, 2.45) is 0 Å². The molecule has 1 amide bonds. The number of hydrogen-bond acceptors (Lipinski definition) is 4. The topological polar surface area (TPSA) is 64.2 Å². The highest BCUT2D eigenvalue weighted by molar-refractivity contribution is 6.06. The van der Waals surface area contributed by atoms with Crippen molar-refractivity contribution in [1.29, 1.82) is 0 Å². The number of halogens is 1. The third kappa shape index (κ3) is 4.13. The molecular weight excluding hydrogens is 419 g/mol. The molecule has 0 aliphatic heterocycles. The molecule has 7 heteroatoms. The minimum absolute atomic E-state index is 0.149. The second kappa shape index (κ2) is 8.70. The van der Waals surface area contributed by atoms with Crippen LogP contribution in [0.3, 0.4) is 0 Å². The largest absolute Gasteiger partial charge is 0.467 e. The van der Waals surface area contributed by atoms with Gasteiger partial charge in [0.1, 0.15) is 18.1 Å². The first kappa shape index (κ1) is 20.6. The number of furan rings is 1. The van der Waals surface area contributed by atoms with Gasteiger partial charge in [-0.05, 0) is 24.3 Å². The zero-order chi connectivity index (χ0) is 22.8. The second-order valence-electron chi connectivity index (χ2n) is 7.79. The fourth-order valence-corrected chi connectivity index (χ4v) is 3.81. The van der Waals surface area contributed by atoms with Gasteiger partial charge in [0, 0.05) is 24.7 Å². The Morgan fingerprint density at radius 3 is 2.61 bits per heavy atom. The number of carbonyl (C=O) groups excluding carboxylic acids is 1. The molecule has 0 aliphatic rings. The van der Waals surface area contributed by atoms with Gasteiger partial charge >= 0.3 is 0 Å². The molecule has 0 bridgehead atoms. The molecule has 0 aliphatic carbocycles. The Morgan fingerprint density at radius 1 is 1.06 bits per heavy atom. The number of benzene rings is 2. The number of amides is 1. The van der Waals surface area contributed by atoms with Gasteiger partial charge in [-0.25, -0.2) is 14.1 Å². The Bertz CT molecular complexity index is 1410. The van der Waals surface area contributed by atoms with E-state index in [1.807, 2.05) is 42.5 Å². The Labute approximate surface area is 189 Å². The van der Waals surface area contributed by atoms with E-state index in [4.69, 9.17) is 9.40 Å². The summed E-state index contributed by atoms with van der Waals surface area (Å²) in [5.41, 5.74) is 3.04. The summed E-state index contributed by atoms with van der Waals surface area (Å²) in [7, 11) is 1.66. The highest BCUT2D eigenvalue weighted by Gasteiger charge is 2.21. The van der Waals surface area contributed by atoms with Gasteiger partial charge in [0.05, 0.1) is 29.1 Å². The first-order chi connectivity index (χ1) is 16.1. The van der Waals surface area contributed by atoms with Crippen LogP contribution in [0, 0.1) is 5.82 Å². The second-order valence-corrected chi connectivity index (χ2v) is 7.79. The maximum absolute atomic E-state index is 14.2. The SMILES string of the molecule is CN(Cc1ccccc1F)C(=O)c1cc(-c2ccccc2)nc2c1cnn2Cc1ccco1. The Hall–Kier alpha value is -4.26. The number of aromatic nitrogens is 3. The lowest BCUT2D eigenvalue weighted by atomic mass is 10.1. The van der Waals surface area contributed by atoms with Crippen LogP contribution in [-0.2, 0) is 13.1 Å². The van der Waals surface area contributed by atoms with Crippen LogP contribution in [0.5, 0.6) is 0 Å². The summed E-state index contributed by atoms with van der Waals surface area (Å²) in [6.07, 6.45) is 3.25. The molecule has 33 heavy (non-hydrogen) atoms. The standard InChI is InChI=1S/C26H21FN4O2/c1-30(16-19-10-5-6-12-23(19)27)26(32)21-14-24(18-8-3-2-4-9-18)29-25-22(21)15-28-31(25)17-20-11-7-13-33-20/h2-15H,16-17H2,1H3. The van der Waals surface area contributed by atoms with Gasteiger partial charge in [-0.3, -0.25) is 4.79 Å². The third-order valence-electron chi connectivity index (χ3n) is 5.51. The van der Waals surface area contributed by atoms with E-state index in [-0.39, 0.29) is 18.3 Å². The number of hydrogen-bond donors (Lipinski definition) is 0. The summed E-state index contributed by atoms with van der Waals surface area (Å²) >= 11 is 0. The van der Waals surface area contributed by atoms with Crippen LogP contribution in [-0.4, -0.2) is 32.6 Å². The molecule has 0 spiro atoms. The van der Waals surface area contributed by atoms with Gasteiger partial charge in [0.25, 0.3) is 5.91 Å². The average molecular weight is 440 g/mol. The maximum Gasteiger partial charge on any atom is 0.254 e. The molecule has 6 nitrogen and oxygen atoms in total. The Balaban J connectivity index is 1.58. The van der Waals surface area contributed by atoms with E-state index in [1.165, 1.54) is 11.0 Å². The zero-order valence-corrected chi connectivity index (χ0v) is 18.0. The molecule has 0 N–H and O–H groups in total. The predicted molar refractivity (Wildman–Crippen MR) is 123 cm³/mol. The fraction of sp³-hybridized carbons (Fsp3) is 0.115. The Morgan fingerprint density at radius 2 is 1.85 bits per heavy atom. The zero-order valence-electron chi connectivity index (χ0n) is 18.0. The molecule has 3 aromatic heterocycles. The van der Waals surface area contributed by atoms with Crippen LogP contribution in [0.4, 0.5) is 4.39 Å². The molecule has 164 valence electrons. The normalized spacial score (nSPS) is 11.1. The third-order valence-corrected chi connectivity index (χ3v) is 5.51. The maximum atomic E-state index is 14.2. The first-order valence-corrected chi connectivity index (χ1v) is 10.5. The van der Waals surface area contributed by atoms with E-state index in [2.05, 4.69) is 5.10 Å². The van der Waals surface area contributed by atoms with E-state index in [0.717, 1.165) is 11.3 Å². The van der Waals surface area contributed by atoms with E-state index < -0.39 is 0 Å². The average Bonchev–Trinajstić information content (AvgIpc) is 3.50.